The van der Waals surface area contributed by atoms with E-state index in [-0.39, 0.29) is 23.5 Å². The van der Waals surface area contributed by atoms with E-state index in [2.05, 4.69) is 15.3 Å². The number of hydrogen-bond acceptors (Lipinski definition) is 7. The van der Waals surface area contributed by atoms with Gasteiger partial charge in [-0.3, -0.25) is 4.57 Å². The maximum Gasteiger partial charge on any atom is 0.410 e. The summed E-state index contributed by atoms with van der Waals surface area (Å²) in [4.78, 5) is 34.3. The molecule has 10 heteroatoms. The highest BCUT2D eigenvalue weighted by molar-refractivity contribution is 6.29. The van der Waals surface area contributed by atoms with E-state index in [1.54, 1.807) is 26.1 Å². The molecule has 2 atom stereocenters. The Morgan fingerprint density at radius 2 is 2.27 bits per heavy atom. The number of aryl methyl sites for hydroxylation is 1. The quantitative estimate of drug-likeness (QED) is 0.742. The Hall–Kier alpha value is -2.23. The standard InChI is InChI=1S/C16H20ClN5O4/c1-9(26-16(25)22-6-5-18-10(7-22)8-23)13-14-11(3-4-12(17)19-14)21(2)15(24)20-13/h3-4,9-10,18,23H,5-8H2,1-2H3. The van der Waals surface area contributed by atoms with Crippen molar-refractivity contribution in [1.82, 2.24) is 24.8 Å². The van der Waals surface area contributed by atoms with Gasteiger partial charge in [-0.25, -0.2) is 14.6 Å². The van der Waals surface area contributed by atoms with Crippen LogP contribution in [0.4, 0.5) is 4.79 Å². The molecule has 2 N–H and O–H groups in total. The van der Waals surface area contributed by atoms with E-state index < -0.39 is 17.9 Å². The van der Waals surface area contributed by atoms with E-state index in [1.807, 2.05) is 0 Å². The van der Waals surface area contributed by atoms with Crippen molar-refractivity contribution in [2.45, 2.75) is 19.1 Å². The zero-order chi connectivity index (χ0) is 18.8. The average Bonchev–Trinajstić information content (AvgIpc) is 2.64. The lowest BCUT2D eigenvalue weighted by atomic mass is 10.2. The lowest BCUT2D eigenvalue weighted by molar-refractivity contribution is 0.0553. The van der Waals surface area contributed by atoms with Crippen LogP contribution in [0.15, 0.2) is 16.9 Å². The van der Waals surface area contributed by atoms with E-state index in [0.29, 0.717) is 30.7 Å². The molecule has 1 aliphatic heterocycles. The summed E-state index contributed by atoms with van der Waals surface area (Å²) < 4.78 is 6.86. The molecular weight excluding hydrogens is 362 g/mol. The number of nitrogens with zero attached hydrogens (tertiary/aromatic N) is 4. The maximum atomic E-state index is 12.4. The summed E-state index contributed by atoms with van der Waals surface area (Å²) in [6.45, 7) is 2.95. The number of rotatable bonds is 3. The molecule has 1 amide bonds. The molecule has 0 aliphatic carbocycles. The molecule has 1 aliphatic rings. The summed E-state index contributed by atoms with van der Waals surface area (Å²) >= 11 is 5.97. The van der Waals surface area contributed by atoms with Crippen molar-refractivity contribution < 1.29 is 14.6 Å². The first-order valence-corrected chi connectivity index (χ1v) is 8.61. The number of aliphatic hydroxyl groups is 1. The zero-order valence-electron chi connectivity index (χ0n) is 14.5. The van der Waals surface area contributed by atoms with Gasteiger partial charge in [-0.05, 0) is 19.1 Å². The maximum absolute atomic E-state index is 12.4. The molecule has 3 rings (SSSR count). The first kappa shape index (κ1) is 18.6. The van der Waals surface area contributed by atoms with Gasteiger partial charge in [0, 0.05) is 32.7 Å². The van der Waals surface area contributed by atoms with Crippen molar-refractivity contribution in [2.75, 3.05) is 26.2 Å². The number of carbonyl (C=O) groups is 1. The van der Waals surface area contributed by atoms with Crippen LogP contribution in [0.5, 0.6) is 0 Å². The van der Waals surface area contributed by atoms with Gasteiger partial charge in [-0.15, -0.1) is 0 Å². The van der Waals surface area contributed by atoms with E-state index >= 15 is 0 Å². The fraction of sp³-hybridized carbons (Fsp3) is 0.500. The number of nitrogens with one attached hydrogen (secondary N) is 1. The smallest absolute Gasteiger partial charge is 0.410 e. The van der Waals surface area contributed by atoms with E-state index in [4.69, 9.17) is 16.3 Å². The molecule has 2 aromatic heterocycles. The molecule has 3 heterocycles. The molecule has 26 heavy (non-hydrogen) atoms. The lowest BCUT2D eigenvalue weighted by Gasteiger charge is -2.32. The van der Waals surface area contributed by atoms with Gasteiger partial charge in [-0.2, -0.15) is 4.98 Å². The van der Waals surface area contributed by atoms with Crippen molar-refractivity contribution >= 4 is 28.7 Å². The Morgan fingerprint density at radius 3 is 3.00 bits per heavy atom. The summed E-state index contributed by atoms with van der Waals surface area (Å²) in [6.07, 6.45) is -1.32. The third-order valence-corrected chi connectivity index (χ3v) is 4.55. The molecule has 1 saturated heterocycles. The van der Waals surface area contributed by atoms with Gasteiger partial charge in [0.05, 0.1) is 12.1 Å². The number of aromatic nitrogens is 3. The Morgan fingerprint density at radius 1 is 1.50 bits per heavy atom. The number of fused-ring (bicyclic) bond motifs is 1. The number of carbonyl (C=O) groups excluding carboxylic acids is 1. The highest BCUT2D eigenvalue weighted by atomic mass is 35.5. The zero-order valence-corrected chi connectivity index (χ0v) is 15.2. The minimum atomic E-state index is -0.785. The topological polar surface area (TPSA) is 110 Å². The Labute approximate surface area is 154 Å². The monoisotopic (exact) mass is 381 g/mol. The minimum Gasteiger partial charge on any atom is -0.440 e. The fourth-order valence-electron chi connectivity index (χ4n) is 2.90. The number of ether oxygens (including phenoxy) is 1. The second-order valence-corrected chi connectivity index (χ2v) is 6.53. The SMILES string of the molecule is CC(OC(=O)N1CCNC(CO)C1)c1nc(=O)n(C)c2ccc(Cl)nc12. The van der Waals surface area contributed by atoms with E-state index in [0.717, 1.165) is 0 Å². The lowest BCUT2D eigenvalue weighted by Crippen LogP contribution is -2.54. The van der Waals surface area contributed by atoms with Crippen LogP contribution in [-0.2, 0) is 11.8 Å². The number of pyridine rings is 1. The fourth-order valence-corrected chi connectivity index (χ4v) is 3.05. The predicted octanol–water partition coefficient (Wildman–Crippen LogP) is 0.446. The van der Waals surface area contributed by atoms with Crippen molar-refractivity contribution in [1.29, 1.82) is 0 Å². The summed E-state index contributed by atoms with van der Waals surface area (Å²) in [5.41, 5.74) is 0.748. The number of hydrogen-bond donors (Lipinski definition) is 2. The van der Waals surface area contributed by atoms with Crippen molar-refractivity contribution in [3.63, 3.8) is 0 Å². The molecule has 9 nitrogen and oxygen atoms in total. The van der Waals surface area contributed by atoms with Crippen molar-refractivity contribution in [3.8, 4) is 0 Å². The summed E-state index contributed by atoms with van der Waals surface area (Å²) in [5.74, 6) is 0. The number of aliphatic hydroxyl groups excluding tert-OH is 1. The molecule has 0 bridgehead atoms. The van der Waals surface area contributed by atoms with Crippen LogP contribution in [0.2, 0.25) is 5.15 Å². The molecular formula is C16H20ClN5O4. The van der Waals surface area contributed by atoms with Gasteiger partial charge < -0.3 is 20.1 Å². The van der Waals surface area contributed by atoms with Crippen molar-refractivity contribution in [2.24, 2.45) is 7.05 Å². The normalized spacial score (nSPS) is 18.8. The third kappa shape index (κ3) is 3.64. The summed E-state index contributed by atoms with van der Waals surface area (Å²) in [5, 5.41) is 12.6. The van der Waals surface area contributed by atoms with Gasteiger partial charge in [0.1, 0.15) is 22.5 Å². The number of amides is 1. The molecule has 1 fully saturated rings. The molecule has 0 saturated carbocycles. The van der Waals surface area contributed by atoms with Gasteiger partial charge >= 0.3 is 11.8 Å². The van der Waals surface area contributed by atoms with Gasteiger partial charge in [0.15, 0.2) is 0 Å². The van der Waals surface area contributed by atoms with Gasteiger partial charge in [0.25, 0.3) is 0 Å². The van der Waals surface area contributed by atoms with Crippen LogP contribution in [0.3, 0.4) is 0 Å². The first-order chi connectivity index (χ1) is 12.4. The predicted molar refractivity (Wildman–Crippen MR) is 95.1 cm³/mol. The van der Waals surface area contributed by atoms with Crippen LogP contribution in [-0.4, -0.2) is 62.9 Å². The largest absolute Gasteiger partial charge is 0.440 e. The minimum absolute atomic E-state index is 0.0668. The second kappa shape index (κ2) is 7.56. The molecule has 0 radical (unpaired) electrons. The molecule has 140 valence electrons. The second-order valence-electron chi connectivity index (χ2n) is 6.15. The Bertz CT molecular complexity index is 887. The molecule has 2 aromatic rings. The van der Waals surface area contributed by atoms with E-state index in [1.165, 1.54) is 9.47 Å². The molecule has 0 spiro atoms. The van der Waals surface area contributed by atoms with Crippen LogP contribution in [0.25, 0.3) is 11.0 Å². The number of halogens is 1. The van der Waals surface area contributed by atoms with E-state index in [9.17, 15) is 14.7 Å². The number of piperazine rings is 1. The first-order valence-electron chi connectivity index (χ1n) is 8.23. The van der Waals surface area contributed by atoms with Gasteiger partial charge in [-0.1, -0.05) is 11.6 Å². The highest BCUT2D eigenvalue weighted by Gasteiger charge is 2.27. The van der Waals surface area contributed by atoms with Crippen molar-refractivity contribution in [3.05, 3.63) is 33.5 Å². The summed E-state index contributed by atoms with van der Waals surface area (Å²) in [6, 6.07) is 3.07. The van der Waals surface area contributed by atoms with Crippen LogP contribution in [0, 0.1) is 0 Å². The third-order valence-electron chi connectivity index (χ3n) is 4.34. The molecule has 2 unspecified atom stereocenters. The molecule has 0 aromatic carbocycles. The van der Waals surface area contributed by atoms with Crippen LogP contribution < -0.4 is 11.0 Å². The Balaban J connectivity index is 1.87. The van der Waals surface area contributed by atoms with Crippen LogP contribution >= 0.6 is 11.6 Å². The average molecular weight is 382 g/mol. The van der Waals surface area contributed by atoms with Gasteiger partial charge in [0.2, 0.25) is 0 Å². The Kier molecular flexibility index (Phi) is 5.40. The van der Waals surface area contributed by atoms with Crippen LogP contribution in [0.1, 0.15) is 18.7 Å². The highest BCUT2D eigenvalue weighted by Crippen LogP contribution is 2.24. The summed E-state index contributed by atoms with van der Waals surface area (Å²) in [7, 11) is 1.59.